The summed E-state index contributed by atoms with van der Waals surface area (Å²) in [5.41, 5.74) is 6.00. The first-order valence-corrected chi connectivity index (χ1v) is 14.0. The van der Waals surface area contributed by atoms with E-state index in [0.29, 0.717) is 11.5 Å². The van der Waals surface area contributed by atoms with Gasteiger partial charge in [-0.25, -0.2) is 9.07 Å². The van der Waals surface area contributed by atoms with Crippen molar-refractivity contribution in [3.8, 4) is 16.9 Å². The molecule has 200 valence electrons. The van der Waals surface area contributed by atoms with Crippen LogP contribution in [0.25, 0.3) is 16.9 Å². The second-order valence-corrected chi connectivity index (χ2v) is 11.1. The van der Waals surface area contributed by atoms with E-state index in [-0.39, 0.29) is 41.2 Å². The Kier molecular flexibility index (Phi) is 7.57. The molecule has 3 aromatic carbocycles. The van der Waals surface area contributed by atoms with Gasteiger partial charge in [0.2, 0.25) is 11.8 Å². The van der Waals surface area contributed by atoms with Crippen LogP contribution >= 0.6 is 11.8 Å². The van der Waals surface area contributed by atoms with E-state index in [1.165, 1.54) is 23.9 Å². The van der Waals surface area contributed by atoms with Crippen LogP contribution in [0.4, 0.5) is 10.2 Å². The second kappa shape index (κ2) is 11.1. The molecular weight excluding hydrogens is 511 g/mol. The van der Waals surface area contributed by atoms with Crippen LogP contribution in [0.5, 0.6) is 0 Å². The minimum Gasteiger partial charge on any atom is -0.352 e. The summed E-state index contributed by atoms with van der Waals surface area (Å²) in [6.07, 6.45) is 0. The average molecular weight is 543 g/mol. The smallest absolute Gasteiger partial charge is 0.240 e. The quantitative estimate of drug-likeness (QED) is 0.325. The van der Waals surface area contributed by atoms with Crippen molar-refractivity contribution < 1.29 is 14.0 Å². The van der Waals surface area contributed by atoms with Crippen LogP contribution in [0.15, 0.2) is 72.8 Å². The SMILES string of the molecule is Cc1cccc(-n2nc(-c3ccccc3)c3c2N(CC(=O)NC(C)C)C(=O)CSC3c2cccc(F)c2)c1C. The van der Waals surface area contributed by atoms with E-state index in [1.807, 2.05) is 82.3 Å². The first kappa shape index (κ1) is 26.7. The van der Waals surface area contributed by atoms with E-state index in [2.05, 4.69) is 5.32 Å². The highest BCUT2D eigenvalue weighted by molar-refractivity contribution is 8.00. The van der Waals surface area contributed by atoms with Crippen LogP contribution < -0.4 is 10.2 Å². The molecule has 1 aromatic heterocycles. The molecule has 1 unspecified atom stereocenters. The lowest BCUT2D eigenvalue weighted by Gasteiger charge is -2.24. The molecule has 0 bridgehead atoms. The van der Waals surface area contributed by atoms with Crippen LogP contribution in [-0.4, -0.2) is 39.9 Å². The van der Waals surface area contributed by atoms with Gasteiger partial charge in [0.25, 0.3) is 0 Å². The number of nitrogens with zero attached hydrogens (tertiary/aromatic N) is 3. The van der Waals surface area contributed by atoms with Crippen molar-refractivity contribution in [3.05, 3.63) is 101 Å². The van der Waals surface area contributed by atoms with E-state index in [9.17, 15) is 14.0 Å². The molecule has 1 atom stereocenters. The number of aryl methyl sites for hydroxylation is 1. The predicted molar refractivity (Wildman–Crippen MR) is 155 cm³/mol. The number of nitrogens with one attached hydrogen (secondary N) is 1. The molecule has 6 nitrogen and oxygen atoms in total. The largest absolute Gasteiger partial charge is 0.352 e. The number of anilines is 1. The Hall–Kier alpha value is -3.91. The fraction of sp³-hybridized carbons (Fsp3) is 0.258. The molecule has 1 N–H and O–H groups in total. The summed E-state index contributed by atoms with van der Waals surface area (Å²) in [5.74, 6) is -0.142. The van der Waals surface area contributed by atoms with Gasteiger partial charge in [-0.1, -0.05) is 54.6 Å². The molecule has 5 rings (SSSR count). The highest BCUT2D eigenvalue weighted by Gasteiger charge is 2.38. The van der Waals surface area contributed by atoms with Crippen molar-refractivity contribution in [1.29, 1.82) is 0 Å². The number of hydrogen-bond acceptors (Lipinski definition) is 4. The molecule has 1 aliphatic rings. The minimum atomic E-state index is -0.383. The highest BCUT2D eigenvalue weighted by Crippen LogP contribution is 2.48. The second-order valence-electron chi connectivity index (χ2n) is 10.0. The lowest BCUT2D eigenvalue weighted by Crippen LogP contribution is -2.44. The van der Waals surface area contributed by atoms with Crippen LogP contribution in [-0.2, 0) is 9.59 Å². The summed E-state index contributed by atoms with van der Waals surface area (Å²) in [6.45, 7) is 7.68. The van der Waals surface area contributed by atoms with Crippen molar-refractivity contribution in [2.24, 2.45) is 0 Å². The Morgan fingerprint density at radius 1 is 1.08 bits per heavy atom. The Bertz CT molecular complexity index is 1530. The Morgan fingerprint density at radius 3 is 2.54 bits per heavy atom. The van der Waals surface area contributed by atoms with Crippen LogP contribution in [0.2, 0.25) is 0 Å². The van der Waals surface area contributed by atoms with Crippen molar-refractivity contribution >= 4 is 29.4 Å². The molecule has 0 spiro atoms. The van der Waals surface area contributed by atoms with Gasteiger partial charge in [0.05, 0.1) is 22.4 Å². The lowest BCUT2D eigenvalue weighted by molar-refractivity contribution is -0.123. The van der Waals surface area contributed by atoms with Gasteiger partial charge in [-0.15, -0.1) is 11.8 Å². The Labute approximate surface area is 232 Å². The van der Waals surface area contributed by atoms with E-state index < -0.39 is 0 Å². The van der Waals surface area contributed by atoms with Gasteiger partial charge in [0, 0.05) is 17.2 Å². The maximum Gasteiger partial charge on any atom is 0.240 e. The minimum absolute atomic E-state index is 0.0720. The molecule has 39 heavy (non-hydrogen) atoms. The van der Waals surface area contributed by atoms with Crippen LogP contribution in [0, 0.1) is 19.7 Å². The number of halogens is 1. The number of carbonyl (C=O) groups excluding carboxylic acids is 2. The van der Waals surface area contributed by atoms with E-state index >= 15 is 0 Å². The van der Waals surface area contributed by atoms with Crippen LogP contribution in [0.1, 0.15) is 41.4 Å². The van der Waals surface area contributed by atoms with E-state index in [4.69, 9.17) is 5.10 Å². The standard InChI is InChI=1S/C31H31FN4O2S/c1-19(2)33-26(37)17-35-27(38)18-39-30(23-13-9-14-24(32)16-23)28-29(22-11-6-5-7-12-22)34-36(31(28)35)25-15-8-10-20(3)21(25)4/h5-16,19,30H,17-18H2,1-4H3,(H,33,37). The summed E-state index contributed by atoms with van der Waals surface area (Å²) in [7, 11) is 0. The van der Waals surface area contributed by atoms with Gasteiger partial charge in [0.15, 0.2) is 0 Å². The molecule has 4 aromatic rings. The van der Waals surface area contributed by atoms with Crippen LogP contribution in [0.3, 0.4) is 0 Å². The number of benzene rings is 3. The molecule has 0 fully saturated rings. The first-order valence-electron chi connectivity index (χ1n) is 13.0. The van der Waals surface area contributed by atoms with Gasteiger partial charge in [-0.3, -0.25) is 14.5 Å². The number of aromatic nitrogens is 2. The number of carbonyl (C=O) groups is 2. The normalized spacial score (nSPS) is 15.3. The zero-order chi connectivity index (χ0) is 27.7. The molecule has 2 amide bonds. The summed E-state index contributed by atoms with van der Waals surface area (Å²) < 4.78 is 16.3. The molecule has 0 saturated carbocycles. The average Bonchev–Trinajstić information content (AvgIpc) is 3.22. The number of amides is 2. The predicted octanol–water partition coefficient (Wildman–Crippen LogP) is 5.99. The van der Waals surface area contributed by atoms with Crippen molar-refractivity contribution in [3.63, 3.8) is 0 Å². The molecule has 8 heteroatoms. The third-order valence-electron chi connectivity index (χ3n) is 6.84. The summed E-state index contributed by atoms with van der Waals surface area (Å²) in [6, 6.07) is 22.2. The van der Waals surface area contributed by atoms with E-state index in [0.717, 1.165) is 33.5 Å². The van der Waals surface area contributed by atoms with Gasteiger partial charge in [-0.05, 0) is 62.6 Å². The van der Waals surface area contributed by atoms with Gasteiger partial charge in [0.1, 0.15) is 18.2 Å². The topological polar surface area (TPSA) is 67.2 Å². The Balaban J connectivity index is 1.84. The number of thioether (sulfide) groups is 1. The highest BCUT2D eigenvalue weighted by atomic mass is 32.2. The monoisotopic (exact) mass is 542 g/mol. The van der Waals surface area contributed by atoms with Crippen molar-refractivity contribution in [2.75, 3.05) is 17.2 Å². The lowest BCUT2D eigenvalue weighted by atomic mass is 9.99. The molecule has 2 heterocycles. The zero-order valence-electron chi connectivity index (χ0n) is 22.4. The van der Waals surface area contributed by atoms with Gasteiger partial charge < -0.3 is 5.32 Å². The fourth-order valence-corrected chi connectivity index (χ4v) is 6.09. The zero-order valence-corrected chi connectivity index (χ0v) is 23.3. The molecule has 0 radical (unpaired) electrons. The third-order valence-corrected chi connectivity index (χ3v) is 8.10. The van der Waals surface area contributed by atoms with Gasteiger partial charge >= 0.3 is 0 Å². The first-order chi connectivity index (χ1) is 18.7. The molecular formula is C31H31FN4O2S. The van der Waals surface area contributed by atoms with Crippen molar-refractivity contribution in [2.45, 2.75) is 39.0 Å². The molecule has 0 saturated heterocycles. The van der Waals surface area contributed by atoms with Crippen molar-refractivity contribution in [1.82, 2.24) is 15.1 Å². The number of rotatable bonds is 6. The number of fused-ring (bicyclic) bond motifs is 1. The fourth-order valence-electron chi connectivity index (χ4n) is 4.91. The summed E-state index contributed by atoms with van der Waals surface area (Å²) >= 11 is 1.42. The maximum absolute atomic E-state index is 14.5. The van der Waals surface area contributed by atoms with E-state index in [1.54, 1.807) is 15.6 Å². The molecule has 0 aliphatic carbocycles. The molecule has 1 aliphatic heterocycles. The summed E-state index contributed by atoms with van der Waals surface area (Å²) in [4.78, 5) is 28.3. The van der Waals surface area contributed by atoms with Gasteiger partial charge in [-0.2, -0.15) is 5.10 Å². The third kappa shape index (κ3) is 5.34. The summed E-state index contributed by atoms with van der Waals surface area (Å²) in [5, 5.41) is 7.64. The number of hydrogen-bond donors (Lipinski definition) is 1. The Morgan fingerprint density at radius 2 is 1.82 bits per heavy atom. The maximum atomic E-state index is 14.5.